The molecule has 2 N–H and O–H groups in total. The van der Waals surface area contributed by atoms with Crippen LogP contribution in [-0.2, 0) is 6.54 Å². The maximum atomic E-state index is 11.6. The van der Waals surface area contributed by atoms with Gasteiger partial charge in [-0.3, -0.25) is 4.79 Å². The van der Waals surface area contributed by atoms with Crippen molar-refractivity contribution in [3.63, 3.8) is 0 Å². The van der Waals surface area contributed by atoms with Crippen molar-refractivity contribution >= 4 is 11.6 Å². The molecule has 0 saturated heterocycles. The fraction of sp³-hybridized carbons (Fsp3) is 0.500. The Hall–Kier alpha value is -1.51. The molecule has 0 aromatic heterocycles. The van der Waals surface area contributed by atoms with Gasteiger partial charge >= 0.3 is 0 Å². The van der Waals surface area contributed by atoms with Gasteiger partial charge in [0.25, 0.3) is 5.91 Å². The molecule has 0 radical (unpaired) electrons. The number of benzene rings is 1. The van der Waals surface area contributed by atoms with E-state index in [0.29, 0.717) is 18.5 Å². The number of rotatable bonds is 4. The van der Waals surface area contributed by atoms with Gasteiger partial charge in [-0.15, -0.1) is 0 Å². The standard InChI is InChI=1S/C14H20N2O/c1-4-9(2)10(3)16-12-6-5-11-8-15-14(17)13(11)7-12/h5-7,9-10,16H,4,8H2,1-3H3,(H,15,17)/t9-,10+/m1/s1. The minimum atomic E-state index is 0.0415. The fourth-order valence-electron chi connectivity index (χ4n) is 2.06. The van der Waals surface area contributed by atoms with Crippen LogP contribution in [0.1, 0.15) is 43.1 Å². The number of carbonyl (C=O) groups excluding carboxylic acids is 1. The summed E-state index contributed by atoms with van der Waals surface area (Å²) >= 11 is 0. The first-order chi connectivity index (χ1) is 8.11. The molecule has 2 atom stereocenters. The lowest BCUT2D eigenvalue weighted by Gasteiger charge is -2.21. The molecule has 0 unspecified atom stereocenters. The summed E-state index contributed by atoms with van der Waals surface area (Å²) in [4.78, 5) is 11.6. The molecule has 0 fully saturated rings. The van der Waals surface area contributed by atoms with Gasteiger partial charge in [-0.2, -0.15) is 0 Å². The Morgan fingerprint density at radius 3 is 2.88 bits per heavy atom. The minimum Gasteiger partial charge on any atom is -0.382 e. The molecule has 0 bridgehead atoms. The van der Waals surface area contributed by atoms with Crippen molar-refractivity contribution < 1.29 is 4.79 Å². The van der Waals surface area contributed by atoms with Crippen LogP contribution in [0.3, 0.4) is 0 Å². The molecule has 1 aromatic rings. The summed E-state index contributed by atoms with van der Waals surface area (Å²) in [6.45, 7) is 7.27. The molecule has 1 heterocycles. The molecule has 92 valence electrons. The van der Waals surface area contributed by atoms with E-state index in [1.807, 2.05) is 12.1 Å². The lowest BCUT2D eigenvalue weighted by Crippen LogP contribution is -2.23. The predicted octanol–water partition coefficient (Wildman–Crippen LogP) is 2.78. The summed E-state index contributed by atoms with van der Waals surface area (Å²) in [6.07, 6.45) is 1.15. The van der Waals surface area contributed by atoms with Crippen LogP contribution in [0.2, 0.25) is 0 Å². The molecule has 3 nitrogen and oxygen atoms in total. The molecule has 0 saturated carbocycles. The lowest BCUT2D eigenvalue weighted by atomic mass is 10.0. The highest BCUT2D eigenvalue weighted by Gasteiger charge is 2.19. The van der Waals surface area contributed by atoms with Crippen molar-refractivity contribution in [2.24, 2.45) is 5.92 Å². The zero-order valence-corrected chi connectivity index (χ0v) is 10.7. The monoisotopic (exact) mass is 232 g/mol. The van der Waals surface area contributed by atoms with Crippen LogP contribution in [0.25, 0.3) is 0 Å². The molecule has 3 heteroatoms. The molecular formula is C14H20N2O. The third-order valence-electron chi connectivity index (χ3n) is 3.69. The van der Waals surface area contributed by atoms with Crippen molar-refractivity contribution in [1.82, 2.24) is 5.32 Å². The quantitative estimate of drug-likeness (QED) is 0.838. The molecule has 1 aliphatic rings. The largest absolute Gasteiger partial charge is 0.382 e. The van der Waals surface area contributed by atoms with Crippen LogP contribution in [0.5, 0.6) is 0 Å². The van der Waals surface area contributed by atoms with E-state index in [9.17, 15) is 4.79 Å². The van der Waals surface area contributed by atoms with Crippen molar-refractivity contribution in [1.29, 1.82) is 0 Å². The minimum absolute atomic E-state index is 0.0415. The average Bonchev–Trinajstić information content (AvgIpc) is 2.70. The van der Waals surface area contributed by atoms with Gasteiger partial charge in [0.1, 0.15) is 0 Å². The van der Waals surface area contributed by atoms with E-state index >= 15 is 0 Å². The summed E-state index contributed by atoms with van der Waals surface area (Å²) in [6, 6.07) is 6.45. The van der Waals surface area contributed by atoms with Crippen molar-refractivity contribution in [3.05, 3.63) is 29.3 Å². The molecule has 17 heavy (non-hydrogen) atoms. The first-order valence-electron chi connectivity index (χ1n) is 6.29. The normalized spacial score (nSPS) is 17.2. The third-order valence-corrected chi connectivity index (χ3v) is 3.69. The number of anilines is 1. The van der Waals surface area contributed by atoms with E-state index in [4.69, 9.17) is 0 Å². The van der Waals surface area contributed by atoms with Crippen LogP contribution in [0.15, 0.2) is 18.2 Å². The zero-order valence-electron chi connectivity index (χ0n) is 10.7. The topological polar surface area (TPSA) is 41.1 Å². The highest BCUT2D eigenvalue weighted by molar-refractivity contribution is 5.99. The van der Waals surface area contributed by atoms with Crippen molar-refractivity contribution in [3.8, 4) is 0 Å². The summed E-state index contributed by atoms with van der Waals surface area (Å²) in [7, 11) is 0. The summed E-state index contributed by atoms with van der Waals surface area (Å²) in [5.74, 6) is 0.664. The predicted molar refractivity (Wildman–Crippen MR) is 70.2 cm³/mol. The van der Waals surface area contributed by atoms with Gasteiger partial charge in [0, 0.05) is 23.8 Å². The van der Waals surface area contributed by atoms with E-state index in [2.05, 4.69) is 37.5 Å². The number of hydrogen-bond acceptors (Lipinski definition) is 2. The van der Waals surface area contributed by atoms with Crippen molar-refractivity contribution in [2.45, 2.75) is 39.8 Å². The number of fused-ring (bicyclic) bond motifs is 1. The Balaban J connectivity index is 2.13. The van der Waals surface area contributed by atoms with Crippen LogP contribution in [-0.4, -0.2) is 11.9 Å². The maximum absolute atomic E-state index is 11.6. The van der Waals surface area contributed by atoms with Crippen LogP contribution < -0.4 is 10.6 Å². The van der Waals surface area contributed by atoms with Gasteiger partial charge in [-0.25, -0.2) is 0 Å². The van der Waals surface area contributed by atoms with E-state index in [1.165, 1.54) is 0 Å². The maximum Gasteiger partial charge on any atom is 0.251 e. The second kappa shape index (κ2) is 4.78. The number of carbonyl (C=O) groups is 1. The van der Waals surface area contributed by atoms with Gasteiger partial charge in [0.2, 0.25) is 0 Å². The first-order valence-corrected chi connectivity index (χ1v) is 6.29. The summed E-state index contributed by atoms with van der Waals surface area (Å²) in [5.41, 5.74) is 2.94. The van der Waals surface area contributed by atoms with E-state index in [-0.39, 0.29) is 5.91 Å². The van der Waals surface area contributed by atoms with Crippen LogP contribution in [0, 0.1) is 5.92 Å². The van der Waals surface area contributed by atoms with Gasteiger partial charge < -0.3 is 10.6 Å². The second-order valence-corrected chi connectivity index (χ2v) is 4.87. The highest BCUT2D eigenvalue weighted by Crippen LogP contribution is 2.22. The summed E-state index contributed by atoms with van der Waals surface area (Å²) in [5, 5.41) is 6.30. The average molecular weight is 232 g/mol. The SMILES string of the molecule is CC[C@@H](C)[C@H](C)Nc1ccc2c(c1)C(=O)NC2. The molecule has 1 aliphatic heterocycles. The van der Waals surface area contributed by atoms with Gasteiger partial charge in [0.15, 0.2) is 0 Å². The van der Waals surface area contributed by atoms with E-state index in [0.717, 1.165) is 23.2 Å². The van der Waals surface area contributed by atoms with E-state index < -0.39 is 0 Å². The molecule has 1 amide bonds. The molecule has 0 aliphatic carbocycles. The molecule has 2 rings (SSSR count). The number of hydrogen-bond donors (Lipinski definition) is 2. The second-order valence-electron chi connectivity index (χ2n) is 4.87. The molecule has 1 aromatic carbocycles. The highest BCUT2D eigenvalue weighted by atomic mass is 16.1. The van der Waals surface area contributed by atoms with Crippen molar-refractivity contribution in [2.75, 3.05) is 5.32 Å². The van der Waals surface area contributed by atoms with Crippen LogP contribution in [0.4, 0.5) is 5.69 Å². The summed E-state index contributed by atoms with van der Waals surface area (Å²) < 4.78 is 0. The lowest BCUT2D eigenvalue weighted by molar-refractivity contribution is 0.0966. The Morgan fingerprint density at radius 1 is 1.41 bits per heavy atom. The molecule has 0 spiro atoms. The first kappa shape index (κ1) is 12.0. The fourth-order valence-corrected chi connectivity index (χ4v) is 2.06. The Bertz CT molecular complexity index is 428. The van der Waals surface area contributed by atoms with Gasteiger partial charge in [-0.1, -0.05) is 26.3 Å². The Kier molecular flexibility index (Phi) is 3.36. The van der Waals surface area contributed by atoms with Crippen LogP contribution >= 0.6 is 0 Å². The zero-order chi connectivity index (χ0) is 12.4. The smallest absolute Gasteiger partial charge is 0.251 e. The van der Waals surface area contributed by atoms with Gasteiger partial charge in [-0.05, 0) is 30.5 Å². The number of nitrogens with one attached hydrogen (secondary N) is 2. The third kappa shape index (κ3) is 2.43. The number of amides is 1. The Morgan fingerprint density at radius 2 is 2.18 bits per heavy atom. The molecular weight excluding hydrogens is 212 g/mol. The Labute approximate surface area is 103 Å². The van der Waals surface area contributed by atoms with Gasteiger partial charge in [0.05, 0.1) is 0 Å². The van der Waals surface area contributed by atoms with E-state index in [1.54, 1.807) is 0 Å².